The molecule has 0 atom stereocenters. The van der Waals surface area contributed by atoms with Gasteiger partial charge in [-0.3, -0.25) is 4.79 Å². The fourth-order valence-electron chi connectivity index (χ4n) is 3.56. The van der Waals surface area contributed by atoms with Gasteiger partial charge in [-0.1, -0.05) is 36.4 Å². The van der Waals surface area contributed by atoms with Gasteiger partial charge in [0.05, 0.1) is 12.8 Å². The summed E-state index contributed by atoms with van der Waals surface area (Å²) in [6, 6.07) is 24.2. The Morgan fingerprint density at radius 3 is 2.10 bits per heavy atom. The number of hydrogen-bond donors (Lipinski definition) is 1. The molecule has 0 aliphatic heterocycles. The van der Waals surface area contributed by atoms with E-state index in [0.717, 1.165) is 28.1 Å². The van der Waals surface area contributed by atoms with E-state index in [1.807, 2.05) is 55.5 Å². The van der Waals surface area contributed by atoms with E-state index >= 15 is 0 Å². The smallest absolute Gasteiger partial charge is 0.241 e. The Morgan fingerprint density at radius 1 is 0.931 bits per heavy atom. The third kappa shape index (κ3) is 3.85. The number of carbonyl (C=O) groups is 1. The Bertz CT molecular complexity index is 1140. The van der Waals surface area contributed by atoms with Crippen LogP contribution in [0.5, 0.6) is 5.75 Å². The first kappa shape index (κ1) is 18.7. The average Bonchev–Trinajstić information content (AvgIpc) is 3.10. The second-order valence-corrected chi connectivity index (χ2v) is 6.90. The highest BCUT2D eigenvalue weighted by atomic mass is 16.5. The largest absolute Gasteiger partial charge is 0.497 e. The Labute approximate surface area is 169 Å². The molecule has 146 valence electrons. The predicted octanol–water partition coefficient (Wildman–Crippen LogP) is 4.73. The highest BCUT2D eigenvalue weighted by Gasteiger charge is 2.11. The van der Waals surface area contributed by atoms with Crippen molar-refractivity contribution in [3.05, 3.63) is 78.4 Å². The molecule has 1 heterocycles. The van der Waals surface area contributed by atoms with Crippen molar-refractivity contribution < 1.29 is 9.53 Å². The minimum Gasteiger partial charge on any atom is -0.497 e. The van der Waals surface area contributed by atoms with E-state index in [9.17, 15) is 4.79 Å². The molecule has 0 aliphatic carbocycles. The van der Waals surface area contributed by atoms with Crippen LogP contribution >= 0.6 is 0 Å². The molecule has 4 rings (SSSR count). The molecule has 0 saturated carbocycles. The molecule has 0 radical (unpaired) electrons. The topological polar surface area (TPSA) is 55.6 Å². The maximum absolute atomic E-state index is 12.4. The first-order chi connectivity index (χ1) is 14.2. The van der Waals surface area contributed by atoms with Crippen molar-refractivity contribution in [2.45, 2.75) is 19.9 Å². The van der Waals surface area contributed by atoms with E-state index in [4.69, 9.17) is 4.74 Å². The summed E-state index contributed by atoms with van der Waals surface area (Å²) in [5.74, 6) is 0.677. The summed E-state index contributed by atoms with van der Waals surface area (Å²) < 4.78 is 7.36. The summed E-state index contributed by atoms with van der Waals surface area (Å²) in [4.78, 5) is 12.4. The lowest BCUT2D eigenvalue weighted by molar-refractivity contribution is -0.121. The first-order valence-corrected chi connectivity index (χ1v) is 9.61. The van der Waals surface area contributed by atoms with E-state index in [2.05, 4.69) is 39.4 Å². The van der Waals surface area contributed by atoms with E-state index in [-0.39, 0.29) is 5.91 Å². The summed E-state index contributed by atoms with van der Waals surface area (Å²) in [6.07, 6.45) is 0.349. The number of aryl methyl sites for hydroxylation is 1. The highest BCUT2D eigenvalue weighted by Crippen LogP contribution is 2.28. The van der Waals surface area contributed by atoms with Crippen LogP contribution in [0.25, 0.3) is 21.8 Å². The van der Waals surface area contributed by atoms with Gasteiger partial charge in [0.1, 0.15) is 5.75 Å². The molecule has 0 unspecified atom stereocenters. The third-order valence-corrected chi connectivity index (χ3v) is 5.10. The Kier molecular flexibility index (Phi) is 5.29. The minimum atomic E-state index is -0.111. The molecule has 29 heavy (non-hydrogen) atoms. The van der Waals surface area contributed by atoms with Crippen molar-refractivity contribution >= 4 is 33.4 Å². The van der Waals surface area contributed by atoms with Crippen LogP contribution in [0.15, 0.2) is 77.9 Å². The van der Waals surface area contributed by atoms with E-state index in [0.29, 0.717) is 13.0 Å². The van der Waals surface area contributed by atoms with Crippen LogP contribution in [0.3, 0.4) is 0 Å². The molecule has 0 saturated heterocycles. The number of rotatable bonds is 6. The number of methoxy groups -OCH3 is 1. The van der Waals surface area contributed by atoms with Gasteiger partial charge in [-0.25, -0.2) is 5.43 Å². The van der Waals surface area contributed by atoms with Crippen molar-refractivity contribution in [1.29, 1.82) is 0 Å². The number of amides is 1. The Balaban J connectivity index is 1.47. The molecular weight excluding hydrogens is 362 g/mol. The van der Waals surface area contributed by atoms with Crippen LogP contribution in [-0.2, 0) is 11.3 Å². The summed E-state index contributed by atoms with van der Waals surface area (Å²) in [7, 11) is 1.63. The van der Waals surface area contributed by atoms with Crippen molar-refractivity contribution in [2.75, 3.05) is 7.11 Å². The molecule has 1 amide bonds. The quantitative estimate of drug-likeness (QED) is 0.385. The molecule has 0 fully saturated rings. The summed E-state index contributed by atoms with van der Waals surface area (Å²) in [5.41, 5.74) is 6.64. The second kappa shape index (κ2) is 8.19. The lowest BCUT2D eigenvalue weighted by atomic mass is 10.1. The molecular formula is C24H23N3O2. The number of benzene rings is 3. The number of fused-ring (bicyclic) bond motifs is 3. The number of nitrogens with zero attached hydrogens (tertiary/aromatic N) is 2. The van der Waals surface area contributed by atoms with Gasteiger partial charge >= 0.3 is 0 Å². The lowest BCUT2D eigenvalue weighted by Gasteiger charge is -2.07. The molecule has 5 heteroatoms. The molecule has 5 nitrogen and oxygen atoms in total. The van der Waals surface area contributed by atoms with E-state index < -0.39 is 0 Å². The number of aromatic nitrogens is 1. The fraction of sp³-hybridized carbons (Fsp3) is 0.167. The summed E-state index contributed by atoms with van der Waals surface area (Å²) in [5, 5.41) is 6.65. The fourth-order valence-corrected chi connectivity index (χ4v) is 3.56. The van der Waals surface area contributed by atoms with Crippen molar-refractivity contribution in [1.82, 2.24) is 9.99 Å². The summed E-state index contributed by atoms with van der Waals surface area (Å²) >= 11 is 0. The van der Waals surface area contributed by atoms with E-state index in [1.54, 1.807) is 7.11 Å². The molecule has 1 aromatic heterocycles. The number of para-hydroxylation sites is 2. The van der Waals surface area contributed by atoms with Gasteiger partial charge in [0, 0.05) is 34.8 Å². The van der Waals surface area contributed by atoms with Crippen LogP contribution in [-0.4, -0.2) is 23.3 Å². The number of hydrogen-bond acceptors (Lipinski definition) is 3. The normalized spacial score (nSPS) is 11.7. The van der Waals surface area contributed by atoms with Crippen LogP contribution in [0.4, 0.5) is 0 Å². The molecule has 0 spiro atoms. The van der Waals surface area contributed by atoms with Crippen molar-refractivity contribution in [3.63, 3.8) is 0 Å². The van der Waals surface area contributed by atoms with Crippen LogP contribution in [0, 0.1) is 0 Å². The minimum absolute atomic E-state index is 0.111. The Hall–Kier alpha value is -3.60. The SMILES string of the molecule is COc1ccc(C(C)=NNC(=O)CCn2c3ccccc3c3ccccc32)cc1. The van der Waals surface area contributed by atoms with Crippen LogP contribution in [0.2, 0.25) is 0 Å². The number of ether oxygens (including phenoxy) is 1. The maximum atomic E-state index is 12.4. The van der Waals surface area contributed by atoms with Gasteiger partial charge < -0.3 is 9.30 Å². The molecule has 4 aromatic rings. The van der Waals surface area contributed by atoms with Gasteiger partial charge in [-0.05, 0) is 48.9 Å². The molecule has 0 aliphatic rings. The van der Waals surface area contributed by atoms with Gasteiger partial charge in [0.25, 0.3) is 0 Å². The first-order valence-electron chi connectivity index (χ1n) is 9.61. The second-order valence-electron chi connectivity index (χ2n) is 6.90. The third-order valence-electron chi connectivity index (χ3n) is 5.10. The van der Waals surface area contributed by atoms with E-state index in [1.165, 1.54) is 10.8 Å². The van der Waals surface area contributed by atoms with Crippen LogP contribution in [0.1, 0.15) is 18.9 Å². The zero-order valence-corrected chi connectivity index (χ0v) is 16.6. The summed E-state index contributed by atoms with van der Waals surface area (Å²) in [6.45, 7) is 2.46. The number of hydrazone groups is 1. The van der Waals surface area contributed by atoms with Crippen LogP contribution < -0.4 is 10.2 Å². The van der Waals surface area contributed by atoms with Crippen molar-refractivity contribution in [2.24, 2.45) is 5.10 Å². The zero-order chi connectivity index (χ0) is 20.2. The monoisotopic (exact) mass is 385 g/mol. The lowest BCUT2D eigenvalue weighted by Crippen LogP contribution is -2.20. The Morgan fingerprint density at radius 2 is 1.52 bits per heavy atom. The standard InChI is InChI=1S/C24H23N3O2/c1-17(18-11-13-19(29-2)14-12-18)25-26-24(28)15-16-27-22-9-5-3-7-20(22)21-8-4-6-10-23(21)27/h3-14H,15-16H2,1-2H3,(H,26,28). The molecule has 3 aromatic carbocycles. The predicted molar refractivity (Wildman–Crippen MR) is 117 cm³/mol. The number of carbonyl (C=O) groups excluding carboxylic acids is 1. The van der Waals surface area contributed by atoms with Crippen molar-refractivity contribution in [3.8, 4) is 5.75 Å². The van der Waals surface area contributed by atoms with Gasteiger partial charge in [-0.2, -0.15) is 5.10 Å². The average molecular weight is 385 g/mol. The highest BCUT2D eigenvalue weighted by molar-refractivity contribution is 6.08. The molecule has 1 N–H and O–H groups in total. The molecule has 0 bridgehead atoms. The number of nitrogens with one attached hydrogen (secondary N) is 1. The van der Waals surface area contributed by atoms with Gasteiger partial charge in [-0.15, -0.1) is 0 Å². The van der Waals surface area contributed by atoms with Gasteiger partial charge in [0.15, 0.2) is 0 Å². The zero-order valence-electron chi connectivity index (χ0n) is 16.6. The van der Waals surface area contributed by atoms with Gasteiger partial charge in [0.2, 0.25) is 5.91 Å². The maximum Gasteiger partial charge on any atom is 0.241 e.